The number of phenolic OH excluding ortho intramolecular Hbond substituents is 1. The number of nitrogens with one attached hydrogen (secondary N) is 1. The van der Waals surface area contributed by atoms with Crippen molar-refractivity contribution in [2.24, 2.45) is 10.8 Å². The van der Waals surface area contributed by atoms with Gasteiger partial charge in [-0.25, -0.2) is 14.6 Å². The molecule has 3 aliphatic heterocycles. The van der Waals surface area contributed by atoms with Crippen LogP contribution in [-0.2, 0) is 16.0 Å². The molecule has 0 unspecified atom stereocenters. The number of carbonyl (C=O) groups excluding carboxylic acids is 1. The number of para-hydroxylation sites is 1. The number of fused-ring (bicyclic) bond motifs is 3. The van der Waals surface area contributed by atoms with Gasteiger partial charge in [0.2, 0.25) is 11.8 Å². The third-order valence-electron chi connectivity index (χ3n) is 12.1. The summed E-state index contributed by atoms with van der Waals surface area (Å²) in [6, 6.07) is 9.47. The van der Waals surface area contributed by atoms with Gasteiger partial charge in [-0.15, -0.1) is 10.2 Å². The Morgan fingerprint density at radius 1 is 1.09 bits per heavy atom. The van der Waals surface area contributed by atoms with E-state index < -0.39 is 12.1 Å². The van der Waals surface area contributed by atoms with Gasteiger partial charge in [0.25, 0.3) is 0 Å². The molecule has 3 N–H and O–H groups in total. The highest BCUT2D eigenvalue weighted by Crippen LogP contribution is 2.59. The number of ether oxygens (including phenoxy) is 2. The van der Waals surface area contributed by atoms with Crippen LogP contribution < -0.4 is 9.64 Å². The fourth-order valence-electron chi connectivity index (χ4n) is 9.86. The van der Waals surface area contributed by atoms with Crippen LogP contribution in [0.5, 0.6) is 11.6 Å². The van der Waals surface area contributed by atoms with E-state index >= 15 is 0 Å². The van der Waals surface area contributed by atoms with Crippen LogP contribution in [-0.4, -0.2) is 109 Å². The maximum atomic E-state index is 12.2. The summed E-state index contributed by atoms with van der Waals surface area (Å²) < 4.78 is 11.0. The van der Waals surface area contributed by atoms with Crippen LogP contribution in [0.4, 0.5) is 10.7 Å². The van der Waals surface area contributed by atoms with Crippen molar-refractivity contribution >= 4 is 29.0 Å². The zero-order valence-corrected chi connectivity index (χ0v) is 31.0. The van der Waals surface area contributed by atoms with Crippen molar-refractivity contribution in [3.05, 3.63) is 53.3 Å². The van der Waals surface area contributed by atoms with E-state index in [-0.39, 0.29) is 41.2 Å². The first-order valence-corrected chi connectivity index (χ1v) is 18.6. The summed E-state index contributed by atoms with van der Waals surface area (Å²) in [6.07, 6.45) is 5.65. The molecular weight excluding hydrogens is 676 g/mol. The summed E-state index contributed by atoms with van der Waals surface area (Å²) in [4.78, 5) is 43.8. The number of carboxylic acid groups (broad SMARTS) is 1. The van der Waals surface area contributed by atoms with E-state index in [4.69, 9.17) is 19.4 Å². The average molecular weight is 725 g/mol. The number of aromatic amines is 1. The Balaban J connectivity index is 0.996. The number of anilines is 1. The number of piperidine rings is 1. The molecule has 0 bridgehead atoms. The van der Waals surface area contributed by atoms with E-state index in [2.05, 4.69) is 52.7 Å². The number of hydrogen-bond donors (Lipinski definition) is 3. The third kappa shape index (κ3) is 6.10. The quantitative estimate of drug-likeness (QED) is 0.204. The highest BCUT2D eigenvalue weighted by molar-refractivity contribution is 5.86. The molecule has 0 radical (unpaired) electrons. The molecular formula is C39H48N8O6. The first-order valence-electron chi connectivity index (χ1n) is 18.6. The van der Waals surface area contributed by atoms with E-state index in [1.807, 2.05) is 24.4 Å². The lowest BCUT2D eigenvalue weighted by Crippen LogP contribution is -2.76. The van der Waals surface area contributed by atoms with Crippen molar-refractivity contribution in [3.8, 4) is 22.9 Å². The zero-order chi connectivity index (χ0) is 37.2. The maximum Gasteiger partial charge on any atom is 0.407 e. The average Bonchev–Trinajstić information content (AvgIpc) is 3.48. The van der Waals surface area contributed by atoms with Gasteiger partial charge in [0.15, 0.2) is 12.3 Å². The molecule has 8 rings (SSSR count). The number of nitrogens with zero attached hydrogens (tertiary/aromatic N) is 7. The fraction of sp³-hybridized carbons (Fsp3) is 0.538. The van der Waals surface area contributed by atoms with Gasteiger partial charge in [-0.3, -0.25) is 0 Å². The summed E-state index contributed by atoms with van der Waals surface area (Å²) in [7, 11) is 1.34. The maximum absolute atomic E-state index is 12.2. The number of likely N-dealkylation sites (tertiary alicyclic amines) is 2. The Labute approximate surface area is 308 Å². The molecule has 1 amide bonds. The van der Waals surface area contributed by atoms with Gasteiger partial charge < -0.3 is 39.4 Å². The summed E-state index contributed by atoms with van der Waals surface area (Å²) in [5, 5.41) is 30.0. The van der Waals surface area contributed by atoms with E-state index in [0.717, 1.165) is 67.4 Å². The molecule has 14 heteroatoms. The molecule has 2 saturated heterocycles. The number of aromatic nitrogens is 5. The van der Waals surface area contributed by atoms with Gasteiger partial charge in [0.1, 0.15) is 5.75 Å². The normalized spacial score (nSPS) is 24.8. The van der Waals surface area contributed by atoms with Crippen LogP contribution in [0.1, 0.15) is 82.2 Å². The van der Waals surface area contributed by atoms with Crippen LogP contribution in [0.2, 0.25) is 0 Å². The summed E-state index contributed by atoms with van der Waals surface area (Å²) >= 11 is 0. The van der Waals surface area contributed by atoms with Gasteiger partial charge in [-0.2, -0.15) is 4.98 Å². The molecule has 3 fully saturated rings. The first kappa shape index (κ1) is 35.1. The number of hydrogen-bond acceptors (Lipinski definition) is 11. The fourth-order valence-corrected chi connectivity index (χ4v) is 9.86. The molecule has 14 nitrogen and oxygen atoms in total. The number of rotatable bonds is 7. The van der Waals surface area contributed by atoms with E-state index in [1.165, 1.54) is 7.11 Å². The molecule has 2 atom stereocenters. The van der Waals surface area contributed by atoms with Gasteiger partial charge in [0.05, 0.1) is 18.8 Å². The second-order valence-corrected chi connectivity index (χ2v) is 16.4. The van der Waals surface area contributed by atoms with Gasteiger partial charge in [0, 0.05) is 71.0 Å². The molecule has 1 spiro atoms. The van der Waals surface area contributed by atoms with Gasteiger partial charge >= 0.3 is 12.1 Å². The van der Waals surface area contributed by atoms with Crippen LogP contribution >= 0.6 is 0 Å². The second-order valence-electron chi connectivity index (χ2n) is 16.4. The number of methoxy groups -OCH3 is 1. The van der Waals surface area contributed by atoms with Crippen LogP contribution in [0, 0.1) is 10.8 Å². The Kier molecular flexibility index (Phi) is 8.70. The highest BCUT2D eigenvalue weighted by Gasteiger charge is 2.65. The number of amides is 1. The van der Waals surface area contributed by atoms with E-state index in [0.29, 0.717) is 47.9 Å². The molecule has 4 aliphatic rings. The number of phenols is 1. The van der Waals surface area contributed by atoms with Gasteiger partial charge in [-0.1, -0.05) is 32.9 Å². The van der Waals surface area contributed by atoms with Crippen molar-refractivity contribution in [2.45, 2.75) is 83.8 Å². The Hall–Kier alpha value is -4.98. The smallest absolute Gasteiger partial charge is 0.407 e. The minimum Gasteiger partial charge on any atom is -0.507 e. The number of H-pyrrole nitrogens is 1. The number of aromatic hydroxyl groups is 1. The van der Waals surface area contributed by atoms with Crippen LogP contribution in [0.3, 0.4) is 0 Å². The van der Waals surface area contributed by atoms with Crippen molar-refractivity contribution in [2.75, 3.05) is 44.8 Å². The standard InChI is InChI=1S/C39H48N8O6/c1-22-32-26-16-29(25-8-6-7-9-30(25)48)43-44-33(26)41-28(32)12-15-46(22)36-40-19-27(34(42-36)53-20-31(49)52-5)23-10-13-45(14-11-23)24-17-39(18-24)21-47(37(50)51)35(39)38(2,3)4/h6-9,16,19,22-24,35,48H,10-15,17-18,20-21H2,1-5H3,(H,41,44)(H,50,51)/t22-,24?,35-,39?/m1/s1. The number of carbonyl (C=O) groups is 2. The van der Waals surface area contributed by atoms with E-state index in [9.17, 15) is 19.8 Å². The number of esters is 1. The molecule has 53 heavy (non-hydrogen) atoms. The van der Waals surface area contributed by atoms with Crippen LogP contribution in [0.15, 0.2) is 36.5 Å². The minimum absolute atomic E-state index is 0.0477. The Morgan fingerprint density at radius 2 is 1.85 bits per heavy atom. The Bertz CT molecular complexity index is 2050. The largest absolute Gasteiger partial charge is 0.507 e. The molecule has 1 aliphatic carbocycles. The monoisotopic (exact) mass is 724 g/mol. The van der Waals surface area contributed by atoms with Crippen molar-refractivity contribution in [1.29, 1.82) is 0 Å². The number of benzene rings is 1. The van der Waals surface area contributed by atoms with Crippen LogP contribution in [0.25, 0.3) is 22.3 Å². The highest BCUT2D eigenvalue weighted by atomic mass is 16.6. The Morgan fingerprint density at radius 3 is 2.55 bits per heavy atom. The molecule has 1 aromatic carbocycles. The minimum atomic E-state index is -0.815. The SMILES string of the molecule is COC(=O)COc1nc(N2CCc3[nH]c4nnc(-c5ccccc5O)cc4c3[C@H]2C)ncc1C1CCN(C2CC3(C2)CN(C(=O)O)[C@@H]3C(C)(C)C)CC1. The predicted octanol–water partition coefficient (Wildman–Crippen LogP) is 5.53. The zero-order valence-electron chi connectivity index (χ0n) is 31.0. The molecule has 6 heterocycles. The molecule has 1 saturated carbocycles. The molecule has 280 valence electrons. The predicted molar refractivity (Wildman–Crippen MR) is 197 cm³/mol. The lowest BCUT2D eigenvalue weighted by atomic mass is 9.50. The topological polar surface area (TPSA) is 170 Å². The molecule has 4 aromatic rings. The lowest BCUT2D eigenvalue weighted by molar-refractivity contribution is -0.180. The summed E-state index contributed by atoms with van der Waals surface area (Å²) in [5.74, 6) is 0.757. The van der Waals surface area contributed by atoms with Crippen molar-refractivity contribution in [3.63, 3.8) is 0 Å². The van der Waals surface area contributed by atoms with E-state index in [1.54, 1.807) is 17.0 Å². The van der Waals surface area contributed by atoms with Crippen molar-refractivity contribution < 1.29 is 29.3 Å². The first-order chi connectivity index (χ1) is 25.4. The second kappa shape index (κ2) is 13.2. The summed E-state index contributed by atoms with van der Waals surface area (Å²) in [5.41, 5.74) is 4.93. The lowest BCUT2D eigenvalue weighted by Gasteiger charge is -2.68. The molecule has 3 aromatic heterocycles. The summed E-state index contributed by atoms with van der Waals surface area (Å²) in [6.45, 7) is 11.5. The van der Waals surface area contributed by atoms with Crippen molar-refractivity contribution in [1.82, 2.24) is 34.9 Å². The third-order valence-corrected chi connectivity index (χ3v) is 12.1. The van der Waals surface area contributed by atoms with Gasteiger partial charge in [-0.05, 0) is 75.2 Å².